The lowest BCUT2D eigenvalue weighted by molar-refractivity contribution is -0.115. The molecule has 2 aromatic heterocycles. The molecule has 8 heteroatoms. The van der Waals surface area contributed by atoms with E-state index >= 15 is 0 Å². The average Bonchev–Trinajstić information content (AvgIpc) is 2.98. The maximum absolute atomic E-state index is 12.9. The van der Waals surface area contributed by atoms with Crippen LogP contribution in [0.4, 0.5) is 10.1 Å². The van der Waals surface area contributed by atoms with Crippen LogP contribution in [-0.2, 0) is 11.8 Å². The van der Waals surface area contributed by atoms with Crippen molar-refractivity contribution in [1.82, 2.24) is 19.7 Å². The van der Waals surface area contributed by atoms with Crippen LogP contribution in [0.5, 0.6) is 0 Å². The minimum Gasteiger partial charge on any atom is -0.325 e. The largest absolute Gasteiger partial charge is 0.325 e. The van der Waals surface area contributed by atoms with Crippen LogP contribution in [0.25, 0.3) is 11.4 Å². The summed E-state index contributed by atoms with van der Waals surface area (Å²) in [5.41, 5.74) is 1.45. The lowest BCUT2D eigenvalue weighted by Crippen LogP contribution is -2.22. The summed E-state index contributed by atoms with van der Waals surface area (Å²) in [4.78, 5) is 16.3. The van der Waals surface area contributed by atoms with E-state index in [2.05, 4.69) is 20.5 Å². The molecule has 0 aliphatic heterocycles. The number of rotatable bonds is 5. The number of pyridine rings is 1. The lowest BCUT2D eigenvalue weighted by atomic mass is 10.2. The monoisotopic (exact) mass is 357 g/mol. The molecule has 1 N–H and O–H groups in total. The number of amides is 1. The summed E-state index contributed by atoms with van der Waals surface area (Å²) in [7, 11) is 1.85. The third-order valence-corrected chi connectivity index (χ3v) is 4.67. The van der Waals surface area contributed by atoms with E-state index in [1.807, 2.05) is 23.7 Å². The number of hydrogen-bond acceptors (Lipinski definition) is 5. The Kier molecular flexibility index (Phi) is 5.08. The first-order chi connectivity index (χ1) is 12.0. The van der Waals surface area contributed by atoms with Gasteiger partial charge < -0.3 is 9.88 Å². The summed E-state index contributed by atoms with van der Waals surface area (Å²) in [5.74, 6) is 0.171. The molecule has 0 spiro atoms. The molecule has 0 radical (unpaired) electrons. The Bertz CT molecular complexity index is 867. The Balaban J connectivity index is 1.68. The zero-order valence-corrected chi connectivity index (χ0v) is 14.5. The van der Waals surface area contributed by atoms with Gasteiger partial charge in [0.05, 0.1) is 5.25 Å². The van der Waals surface area contributed by atoms with Crippen molar-refractivity contribution in [3.8, 4) is 11.4 Å². The number of carbonyl (C=O) groups is 1. The highest BCUT2D eigenvalue weighted by molar-refractivity contribution is 8.00. The first-order valence-corrected chi connectivity index (χ1v) is 8.45. The van der Waals surface area contributed by atoms with Gasteiger partial charge in [-0.2, -0.15) is 0 Å². The molecule has 6 nitrogen and oxygen atoms in total. The van der Waals surface area contributed by atoms with Crippen LogP contribution < -0.4 is 5.32 Å². The summed E-state index contributed by atoms with van der Waals surface area (Å²) in [6, 6.07) is 9.35. The van der Waals surface area contributed by atoms with Gasteiger partial charge in [-0.25, -0.2) is 4.39 Å². The van der Waals surface area contributed by atoms with Gasteiger partial charge in [0.25, 0.3) is 0 Å². The first-order valence-electron chi connectivity index (χ1n) is 7.57. The van der Waals surface area contributed by atoms with Crippen LogP contribution in [0.1, 0.15) is 6.92 Å². The summed E-state index contributed by atoms with van der Waals surface area (Å²) in [6.45, 7) is 1.78. The van der Waals surface area contributed by atoms with E-state index in [-0.39, 0.29) is 11.7 Å². The molecular formula is C17H16FN5OS. The standard InChI is InChI=1S/C17H16FN5OS/c1-11(16(24)20-14-5-3-13(18)4-6-14)25-17-22-21-15(23(17)2)12-7-9-19-10-8-12/h3-11H,1-2H3,(H,20,24)/t11-/m1/s1. The number of benzene rings is 1. The van der Waals surface area contributed by atoms with Crippen LogP contribution in [0, 0.1) is 5.82 Å². The molecule has 25 heavy (non-hydrogen) atoms. The maximum atomic E-state index is 12.9. The topological polar surface area (TPSA) is 72.7 Å². The van der Waals surface area contributed by atoms with E-state index in [9.17, 15) is 9.18 Å². The van der Waals surface area contributed by atoms with Gasteiger partial charge in [0.15, 0.2) is 11.0 Å². The number of nitrogens with zero attached hydrogens (tertiary/aromatic N) is 4. The number of carbonyl (C=O) groups excluding carboxylic acids is 1. The number of aromatic nitrogens is 4. The van der Waals surface area contributed by atoms with E-state index in [1.54, 1.807) is 19.3 Å². The molecule has 128 valence electrons. The molecule has 3 aromatic rings. The molecule has 0 aliphatic carbocycles. The number of hydrogen-bond donors (Lipinski definition) is 1. The molecule has 1 aromatic carbocycles. The molecule has 0 unspecified atom stereocenters. The second-order valence-electron chi connectivity index (χ2n) is 5.36. The van der Waals surface area contributed by atoms with E-state index < -0.39 is 5.25 Å². The Morgan fingerprint density at radius 3 is 2.52 bits per heavy atom. The SMILES string of the molecule is C[C@@H](Sc1nnc(-c2ccncc2)n1C)C(=O)Nc1ccc(F)cc1. The van der Waals surface area contributed by atoms with E-state index in [1.165, 1.54) is 36.0 Å². The fourth-order valence-electron chi connectivity index (χ4n) is 2.16. The van der Waals surface area contributed by atoms with Gasteiger partial charge in [0, 0.05) is 30.7 Å². The van der Waals surface area contributed by atoms with Crippen molar-refractivity contribution in [1.29, 1.82) is 0 Å². The molecule has 0 bridgehead atoms. The van der Waals surface area contributed by atoms with E-state index in [4.69, 9.17) is 0 Å². The van der Waals surface area contributed by atoms with Crippen LogP contribution >= 0.6 is 11.8 Å². The molecule has 3 rings (SSSR count). The Hall–Kier alpha value is -2.74. The highest BCUT2D eigenvalue weighted by atomic mass is 32.2. The molecule has 0 saturated heterocycles. The van der Waals surface area contributed by atoms with Crippen LogP contribution in [-0.4, -0.2) is 30.9 Å². The fraction of sp³-hybridized carbons (Fsp3) is 0.176. The van der Waals surface area contributed by atoms with Crippen LogP contribution in [0.3, 0.4) is 0 Å². The molecule has 0 fully saturated rings. The normalized spacial score (nSPS) is 12.0. The van der Waals surface area contributed by atoms with Gasteiger partial charge in [-0.05, 0) is 43.3 Å². The molecule has 1 amide bonds. The molecule has 0 aliphatic rings. The molecular weight excluding hydrogens is 341 g/mol. The Morgan fingerprint density at radius 2 is 1.84 bits per heavy atom. The first kappa shape index (κ1) is 17.1. The highest BCUT2D eigenvalue weighted by Crippen LogP contribution is 2.26. The smallest absolute Gasteiger partial charge is 0.237 e. The predicted octanol–water partition coefficient (Wildman–Crippen LogP) is 3.14. The number of thioether (sulfide) groups is 1. The summed E-state index contributed by atoms with van der Waals surface area (Å²) >= 11 is 1.30. The van der Waals surface area contributed by atoms with Gasteiger partial charge in [-0.1, -0.05) is 11.8 Å². The Morgan fingerprint density at radius 1 is 1.16 bits per heavy atom. The third kappa shape index (κ3) is 4.03. The quantitative estimate of drug-likeness (QED) is 0.710. The summed E-state index contributed by atoms with van der Waals surface area (Å²) in [6.07, 6.45) is 3.38. The van der Waals surface area contributed by atoms with Crippen molar-refractivity contribution >= 4 is 23.4 Å². The van der Waals surface area contributed by atoms with Crippen molar-refractivity contribution in [3.05, 3.63) is 54.6 Å². The molecule has 2 heterocycles. The van der Waals surface area contributed by atoms with Crippen LogP contribution in [0.15, 0.2) is 53.9 Å². The van der Waals surface area contributed by atoms with Crippen molar-refractivity contribution < 1.29 is 9.18 Å². The molecule has 0 saturated carbocycles. The van der Waals surface area contributed by atoms with Crippen molar-refractivity contribution in [2.45, 2.75) is 17.3 Å². The van der Waals surface area contributed by atoms with Gasteiger partial charge in [-0.3, -0.25) is 9.78 Å². The average molecular weight is 357 g/mol. The van der Waals surface area contributed by atoms with Crippen LogP contribution in [0.2, 0.25) is 0 Å². The fourth-order valence-corrected chi connectivity index (χ4v) is 2.97. The summed E-state index contributed by atoms with van der Waals surface area (Å²) in [5, 5.41) is 11.3. The van der Waals surface area contributed by atoms with Gasteiger partial charge >= 0.3 is 0 Å². The van der Waals surface area contributed by atoms with E-state index in [0.29, 0.717) is 16.7 Å². The predicted molar refractivity (Wildman–Crippen MR) is 94.6 cm³/mol. The van der Waals surface area contributed by atoms with Crippen molar-refractivity contribution in [3.63, 3.8) is 0 Å². The number of halogens is 1. The highest BCUT2D eigenvalue weighted by Gasteiger charge is 2.19. The zero-order valence-electron chi connectivity index (χ0n) is 13.7. The minimum atomic E-state index is -0.391. The lowest BCUT2D eigenvalue weighted by Gasteiger charge is -2.11. The van der Waals surface area contributed by atoms with Gasteiger partial charge in [-0.15, -0.1) is 10.2 Å². The van der Waals surface area contributed by atoms with E-state index in [0.717, 1.165) is 5.56 Å². The summed E-state index contributed by atoms with van der Waals surface area (Å²) < 4.78 is 14.8. The zero-order chi connectivity index (χ0) is 17.8. The molecule has 1 atom stereocenters. The van der Waals surface area contributed by atoms with Gasteiger partial charge in [0.2, 0.25) is 5.91 Å². The minimum absolute atomic E-state index is 0.190. The maximum Gasteiger partial charge on any atom is 0.237 e. The second-order valence-corrected chi connectivity index (χ2v) is 6.67. The van der Waals surface area contributed by atoms with Crippen molar-refractivity contribution in [2.24, 2.45) is 7.05 Å². The number of nitrogens with one attached hydrogen (secondary N) is 1. The van der Waals surface area contributed by atoms with Gasteiger partial charge in [0.1, 0.15) is 5.82 Å². The Labute approximate surface area is 148 Å². The second kappa shape index (κ2) is 7.43. The third-order valence-electron chi connectivity index (χ3n) is 3.54. The number of anilines is 1. The van der Waals surface area contributed by atoms with Crippen molar-refractivity contribution in [2.75, 3.05) is 5.32 Å².